The van der Waals surface area contributed by atoms with Crippen molar-refractivity contribution >= 4 is 29.5 Å². The van der Waals surface area contributed by atoms with E-state index in [1.807, 2.05) is 6.07 Å². The number of ether oxygens (including phenoxy) is 1. The van der Waals surface area contributed by atoms with Gasteiger partial charge in [-0.25, -0.2) is 9.18 Å². The van der Waals surface area contributed by atoms with Gasteiger partial charge in [-0.15, -0.1) is 0 Å². The number of ketones is 2. The standard InChI is InChI=1S/C20H23FN2O7/c21-10-15(24)18(27)14(9-16(25)26)22-19(28)17(13-7-4-8-13)23-20(29)30-11-12-5-2-1-3-6-12/h1-3,5-6,13-14,17H,4,7-11H2,(H,22,28)(H,23,29)(H,25,26). The van der Waals surface area contributed by atoms with Gasteiger partial charge in [-0.2, -0.15) is 0 Å². The number of benzene rings is 1. The molecule has 0 heterocycles. The molecule has 30 heavy (non-hydrogen) atoms. The maximum Gasteiger partial charge on any atom is 0.408 e. The summed E-state index contributed by atoms with van der Waals surface area (Å²) in [5, 5.41) is 13.5. The topological polar surface area (TPSA) is 139 Å². The summed E-state index contributed by atoms with van der Waals surface area (Å²) in [7, 11) is 0. The van der Waals surface area contributed by atoms with E-state index in [4.69, 9.17) is 9.84 Å². The van der Waals surface area contributed by atoms with E-state index in [-0.39, 0.29) is 12.5 Å². The number of hydrogen-bond acceptors (Lipinski definition) is 6. The van der Waals surface area contributed by atoms with Crippen molar-refractivity contribution in [1.82, 2.24) is 10.6 Å². The van der Waals surface area contributed by atoms with Crippen LogP contribution in [0.2, 0.25) is 0 Å². The second kappa shape index (κ2) is 11.0. The molecule has 0 aliphatic heterocycles. The fraction of sp³-hybridized carbons (Fsp3) is 0.450. The van der Waals surface area contributed by atoms with Crippen molar-refractivity contribution in [2.75, 3.05) is 6.67 Å². The van der Waals surface area contributed by atoms with Crippen molar-refractivity contribution < 1.29 is 38.2 Å². The van der Waals surface area contributed by atoms with Crippen LogP contribution in [-0.4, -0.2) is 53.4 Å². The SMILES string of the molecule is O=C(O)CC(NC(=O)C(NC(=O)OCc1ccccc1)C1CCC1)C(=O)C(=O)CF. The Hall–Kier alpha value is -3.30. The Morgan fingerprint density at radius 2 is 1.77 bits per heavy atom. The molecule has 1 aromatic rings. The van der Waals surface area contributed by atoms with E-state index in [1.165, 1.54) is 0 Å². The first kappa shape index (κ1) is 23.0. The summed E-state index contributed by atoms with van der Waals surface area (Å²) in [6, 6.07) is 6.08. The van der Waals surface area contributed by atoms with Crippen LogP contribution in [0.1, 0.15) is 31.2 Å². The van der Waals surface area contributed by atoms with Crippen LogP contribution >= 0.6 is 0 Å². The molecule has 1 aromatic carbocycles. The van der Waals surface area contributed by atoms with Crippen molar-refractivity contribution in [3.8, 4) is 0 Å². The second-order valence-corrected chi connectivity index (χ2v) is 6.95. The maximum atomic E-state index is 12.7. The number of halogens is 1. The fourth-order valence-corrected chi connectivity index (χ4v) is 2.97. The highest BCUT2D eigenvalue weighted by Gasteiger charge is 2.37. The van der Waals surface area contributed by atoms with E-state index in [2.05, 4.69) is 10.6 Å². The first-order valence-corrected chi connectivity index (χ1v) is 9.44. The fourth-order valence-electron chi connectivity index (χ4n) is 2.97. The number of Topliss-reactive ketones (excluding diaryl/α,β-unsaturated/α-hetero) is 2. The van der Waals surface area contributed by atoms with Crippen molar-refractivity contribution in [2.24, 2.45) is 5.92 Å². The van der Waals surface area contributed by atoms with Crippen LogP contribution in [0.15, 0.2) is 30.3 Å². The lowest BCUT2D eigenvalue weighted by atomic mass is 9.79. The molecule has 0 bridgehead atoms. The molecular formula is C20H23FN2O7. The molecule has 162 valence electrons. The molecule has 0 spiro atoms. The van der Waals surface area contributed by atoms with Gasteiger partial charge in [-0.05, 0) is 24.3 Å². The highest BCUT2D eigenvalue weighted by atomic mass is 19.1. The monoisotopic (exact) mass is 422 g/mol. The van der Waals surface area contributed by atoms with Crippen LogP contribution in [-0.2, 0) is 30.5 Å². The van der Waals surface area contributed by atoms with Gasteiger partial charge in [0.1, 0.15) is 18.7 Å². The van der Waals surface area contributed by atoms with Crippen molar-refractivity contribution in [3.05, 3.63) is 35.9 Å². The number of carboxylic acids is 1. The number of carbonyl (C=O) groups excluding carboxylic acids is 4. The lowest BCUT2D eigenvalue weighted by molar-refractivity contribution is -0.143. The van der Waals surface area contributed by atoms with Crippen molar-refractivity contribution in [3.63, 3.8) is 0 Å². The van der Waals surface area contributed by atoms with Gasteiger partial charge < -0.3 is 20.5 Å². The van der Waals surface area contributed by atoms with Gasteiger partial charge in [0.15, 0.2) is 6.67 Å². The number of rotatable bonds is 11. The molecule has 0 aromatic heterocycles. The first-order chi connectivity index (χ1) is 14.3. The van der Waals surface area contributed by atoms with Gasteiger partial charge in [-0.1, -0.05) is 36.8 Å². The average molecular weight is 422 g/mol. The molecule has 2 atom stereocenters. The predicted octanol–water partition coefficient (Wildman–Crippen LogP) is 1.15. The zero-order valence-electron chi connectivity index (χ0n) is 16.1. The van der Waals surface area contributed by atoms with Crippen LogP contribution in [0.3, 0.4) is 0 Å². The third-order valence-corrected chi connectivity index (χ3v) is 4.80. The highest BCUT2D eigenvalue weighted by Crippen LogP contribution is 2.30. The lowest BCUT2D eigenvalue weighted by Crippen LogP contribution is -2.56. The van der Waals surface area contributed by atoms with E-state index >= 15 is 0 Å². The minimum absolute atomic E-state index is 0.0171. The average Bonchev–Trinajstić information content (AvgIpc) is 2.69. The molecule has 3 N–H and O–H groups in total. The number of aliphatic carboxylic acids is 1. The molecule has 10 heteroatoms. The minimum Gasteiger partial charge on any atom is -0.481 e. The van der Waals surface area contributed by atoms with Gasteiger partial charge in [0.25, 0.3) is 0 Å². The van der Waals surface area contributed by atoms with Gasteiger partial charge in [0.05, 0.1) is 6.42 Å². The maximum absolute atomic E-state index is 12.7. The van der Waals surface area contributed by atoms with Crippen LogP contribution in [0.4, 0.5) is 9.18 Å². The van der Waals surface area contributed by atoms with E-state index in [0.717, 1.165) is 12.0 Å². The zero-order valence-corrected chi connectivity index (χ0v) is 16.1. The Balaban J connectivity index is 2.02. The predicted molar refractivity (Wildman–Crippen MR) is 101 cm³/mol. The molecule has 0 radical (unpaired) electrons. The smallest absolute Gasteiger partial charge is 0.408 e. The molecule has 2 rings (SSSR count). The molecule has 2 unspecified atom stereocenters. The van der Waals surface area contributed by atoms with Crippen molar-refractivity contribution in [1.29, 1.82) is 0 Å². The number of hydrogen-bond donors (Lipinski definition) is 3. The number of alkyl halides is 1. The first-order valence-electron chi connectivity index (χ1n) is 9.44. The molecular weight excluding hydrogens is 399 g/mol. The van der Waals surface area contributed by atoms with Crippen LogP contribution in [0.25, 0.3) is 0 Å². The molecule has 9 nitrogen and oxygen atoms in total. The van der Waals surface area contributed by atoms with Crippen LogP contribution in [0, 0.1) is 5.92 Å². The summed E-state index contributed by atoms with van der Waals surface area (Å²) >= 11 is 0. The second-order valence-electron chi connectivity index (χ2n) is 6.95. The Labute approximate surface area is 172 Å². The zero-order chi connectivity index (χ0) is 22.1. The van der Waals surface area contributed by atoms with E-state index in [9.17, 15) is 28.4 Å². The summed E-state index contributed by atoms with van der Waals surface area (Å²) in [6.45, 7) is -1.61. The van der Waals surface area contributed by atoms with Gasteiger partial charge in [-0.3, -0.25) is 19.2 Å². The lowest BCUT2D eigenvalue weighted by Gasteiger charge is -2.33. The Kier molecular flexibility index (Phi) is 8.45. The molecule has 2 amide bonds. The third-order valence-electron chi connectivity index (χ3n) is 4.80. The van der Waals surface area contributed by atoms with Gasteiger partial charge >= 0.3 is 12.1 Å². The number of amides is 2. The number of carboxylic acid groups (broad SMARTS) is 1. The van der Waals surface area contributed by atoms with E-state index < -0.39 is 54.7 Å². The third kappa shape index (κ3) is 6.64. The van der Waals surface area contributed by atoms with E-state index in [1.54, 1.807) is 24.3 Å². The number of nitrogens with one attached hydrogen (secondary N) is 2. The normalized spacial score (nSPS) is 15.2. The summed E-state index contributed by atoms with van der Waals surface area (Å²) in [6.07, 6.45) is 0.377. The van der Waals surface area contributed by atoms with Crippen LogP contribution < -0.4 is 10.6 Å². The highest BCUT2D eigenvalue weighted by molar-refractivity contribution is 6.40. The Morgan fingerprint density at radius 1 is 1.10 bits per heavy atom. The van der Waals surface area contributed by atoms with E-state index in [0.29, 0.717) is 12.8 Å². The minimum atomic E-state index is -1.72. The summed E-state index contributed by atoms with van der Waals surface area (Å²) < 4.78 is 17.6. The molecule has 1 aliphatic carbocycles. The number of carbonyl (C=O) groups is 5. The van der Waals surface area contributed by atoms with Gasteiger partial charge in [0, 0.05) is 0 Å². The molecule has 0 saturated heterocycles. The largest absolute Gasteiger partial charge is 0.481 e. The Bertz CT molecular complexity index is 796. The quantitative estimate of drug-likeness (QED) is 0.455. The summed E-state index contributed by atoms with van der Waals surface area (Å²) in [5.74, 6) is -5.28. The molecule has 1 aliphatic rings. The summed E-state index contributed by atoms with van der Waals surface area (Å²) in [5.41, 5.74) is 0.745. The summed E-state index contributed by atoms with van der Waals surface area (Å²) in [4.78, 5) is 59.0. The van der Waals surface area contributed by atoms with Crippen LogP contribution in [0.5, 0.6) is 0 Å². The number of alkyl carbamates (subject to hydrolysis) is 1. The van der Waals surface area contributed by atoms with Crippen molar-refractivity contribution in [2.45, 2.75) is 44.4 Å². The molecule has 1 fully saturated rings. The molecule has 1 saturated carbocycles. The Morgan fingerprint density at radius 3 is 2.30 bits per heavy atom. The van der Waals surface area contributed by atoms with Gasteiger partial charge in [0.2, 0.25) is 17.5 Å².